The van der Waals surface area contributed by atoms with E-state index in [0.29, 0.717) is 0 Å². The fourth-order valence-electron chi connectivity index (χ4n) is 2.45. The topological polar surface area (TPSA) is 55.9 Å². The third-order valence-electron chi connectivity index (χ3n) is 3.74. The smallest absolute Gasteiger partial charge is 0.127 e. The minimum absolute atomic E-state index is 0.0404. The van der Waals surface area contributed by atoms with Crippen molar-refractivity contribution in [1.29, 1.82) is 0 Å². The summed E-state index contributed by atoms with van der Waals surface area (Å²) < 4.78 is 2.17. The lowest BCUT2D eigenvalue weighted by Crippen LogP contribution is -2.32. The molecule has 0 amide bonds. The Bertz CT molecular complexity index is 559. The van der Waals surface area contributed by atoms with Gasteiger partial charge in [-0.1, -0.05) is 25.1 Å². The predicted octanol–water partition coefficient (Wildman–Crippen LogP) is 2.66. The molecule has 0 aliphatic heterocycles. The van der Waals surface area contributed by atoms with Crippen LogP contribution in [0.2, 0.25) is 0 Å². The molecular weight excluding hydrogens is 248 g/mol. The fraction of sp³-hybridized carbons (Fsp3) is 0.438. The molecule has 0 saturated carbocycles. The van der Waals surface area contributed by atoms with E-state index in [0.717, 1.165) is 25.2 Å². The van der Waals surface area contributed by atoms with E-state index in [1.165, 1.54) is 16.7 Å². The van der Waals surface area contributed by atoms with Gasteiger partial charge in [0.25, 0.3) is 0 Å². The van der Waals surface area contributed by atoms with Crippen LogP contribution in [0.3, 0.4) is 0 Å². The van der Waals surface area contributed by atoms with Gasteiger partial charge in [0.1, 0.15) is 5.82 Å². The van der Waals surface area contributed by atoms with Gasteiger partial charge in [-0.3, -0.25) is 5.84 Å². The summed E-state index contributed by atoms with van der Waals surface area (Å²) in [4.78, 5) is 4.46. The van der Waals surface area contributed by atoms with Crippen LogP contribution in [-0.4, -0.2) is 9.55 Å². The van der Waals surface area contributed by atoms with Crippen molar-refractivity contribution >= 4 is 0 Å². The quantitative estimate of drug-likeness (QED) is 0.628. The zero-order valence-electron chi connectivity index (χ0n) is 12.6. The molecule has 4 heteroatoms. The second-order valence-corrected chi connectivity index (χ2v) is 5.32. The summed E-state index contributed by atoms with van der Waals surface area (Å²) in [7, 11) is 0. The molecule has 0 saturated heterocycles. The number of nitrogens with two attached hydrogens (primary N) is 1. The second-order valence-electron chi connectivity index (χ2n) is 5.32. The number of aromatic nitrogens is 2. The van der Waals surface area contributed by atoms with Crippen LogP contribution in [0.5, 0.6) is 0 Å². The Morgan fingerprint density at radius 3 is 2.75 bits per heavy atom. The van der Waals surface area contributed by atoms with Gasteiger partial charge < -0.3 is 4.57 Å². The van der Waals surface area contributed by atoms with Crippen molar-refractivity contribution in [2.45, 2.75) is 46.2 Å². The molecule has 20 heavy (non-hydrogen) atoms. The first kappa shape index (κ1) is 14.8. The Kier molecular flexibility index (Phi) is 4.93. The van der Waals surface area contributed by atoms with Gasteiger partial charge in [0.15, 0.2) is 0 Å². The summed E-state index contributed by atoms with van der Waals surface area (Å²) in [6.45, 7) is 7.41. The molecule has 1 aromatic heterocycles. The number of imidazole rings is 1. The highest BCUT2D eigenvalue weighted by Crippen LogP contribution is 2.19. The lowest BCUT2D eigenvalue weighted by atomic mass is 10.0. The first-order valence-corrected chi connectivity index (χ1v) is 7.19. The third kappa shape index (κ3) is 3.26. The molecule has 1 aromatic carbocycles. The van der Waals surface area contributed by atoms with Crippen molar-refractivity contribution in [3.63, 3.8) is 0 Å². The third-order valence-corrected chi connectivity index (χ3v) is 3.74. The van der Waals surface area contributed by atoms with Gasteiger partial charge in [-0.05, 0) is 43.4 Å². The summed E-state index contributed by atoms with van der Waals surface area (Å²) in [6, 6.07) is 6.60. The van der Waals surface area contributed by atoms with Gasteiger partial charge in [-0.2, -0.15) is 0 Å². The molecule has 2 aromatic rings. The van der Waals surface area contributed by atoms with E-state index >= 15 is 0 Å². The molecule has 1 heterocycles. The van der Waals surface area contributed by atoms with Crippen LogP contribution in [-0.2, 0) is 13.0 Å². The highest BCUT2D eigenvalue weighted by atomic mass is 15.3. The first-order chi connectivity index (χ1) is 9.65. The molecule has 2 rings (SSSR count). The number of benzene rings is 1. The summed E-state index contributed by atoms with van der Waals surface area (Å²) in [5, 5.41) is 0. The molecule has 0 aliphatic carbocycles. The molecular formula is C16H24N4. The molecule has 3 N–H and O–H groups in total. The summed E-state index contributed by atoms with van der Waals surface area (Å²) >= 11 is 0. The van der Waals surface area contributed by atoms with Crippen molar-refractivity contribution in [2.24, 2.45) is 5.84 Å². The zero-order chi connectivity index (χ0) is 14.5. The molecule has 0 spiro atoms. The maximum absolute atomic E-state index is 5.74. The molecule has 1 atom stereocenters. The van der Waals surface area contributed by atoms with Gasteiger partial charge in [-0.15, -0.1) is 0 Å². The summed E-state index contributed by atoms with van der Waals surface area (Å²) in [5.41, 5.74) is 6.82. The Labute approximate surface area is 121 Å². The van der Waals surface area contributed by atoms with Gasteiger partial charge in [0.2, 0.25) is 0 Å². The van der Waals surface area contributed by atoms with E-state index in [2.05, 4.69) is 53.9 Å². The molecule has 4 nitrogen and oxygen atoms in total. The average Bonchev–Trinajstić information content (AvgIpc) is 2.88. The monoisotopic (exact) mass is 272 g/mol. The van der Waals surface area contributed by atoms with Crippen LogP contribution < -0.4 is 11.3 Å². The van der Waals surface area contributed by atoms with Crippen molar-refractivity contribution in [2.75, 3.05) is 0 Å². The number of nitrogens with zero attached hydrogens (tertiary/aromatic N) is 2. The zero-order valence-corrected chi connectivity index (χ0v) is 12.6. The minimum Gasteiger partial charge on any atom is -0.334 e. The predicted molar refractivity (Wildman–Crippen MR) is 82.2 cm³/mol. The SMILES string of the molecule is CCCn1ccnc1C(Cc1ccc(C)c(C)c1)NN. The molecule has 0 bridgehead atoms. The molecule has 1 unspecified atom stereocenters. The summed E-state index contributed by atoms with van der Waals surface area (Å²) in [6.07, 6.45) is 5.79. The van der Waals surface area contributed by atoms with Crippen LogP contribution in [0.25, 0.3) is 0 Å². The lowest BCUT2D eigenvalue weighted by molar-refractivity contribution is 0.488. The summed E-state index contributed by atoms with van der Waals surface area (Å²) in [5.74, 6) is 6.75. The first-order valence-electron chi connectivity index (χ1n) is 7.19. The Balaban J connectivity index is 2.19. The molecule has 108 valence electrons. The second kappa shape index (κ2) is 6.68. The van der Waals surface area contributed by atoms with E-state index in [9.17, 15) is 0 Å². The number of hydrogen-bond acceptors (Lipinski definition) is 3. The number of hydrazine groups is 1. The van der Waals surface area contributed by atoms with Crippen LogP contribution in [0, 0.1) is 13.8 Å². The maximum atomic E-state index is 5.74. The van der Waals surface area contributed by atoms with Crippen LogP contribution in [0.1, 0.15) is 41.9 Å². The van der Waals surface area contributed by atoms with Crippen LogP contribution >= 0.6 is 0 Å². The number of aryl methyl sites for hydroxylation is 3. The van der Waals surface area contributed by atoms with E-state index in [4.69, 9.17) is 5.84 Å². The van der Waals surface area contributed by atoms with Crippen LogP contribution in [0.4, 0.5) is 0 Å². The maximum Gasteiger partial charge on any atom is 0.127 e. The van der Waals surface area contributed by atoms with Crippen molar-refractivity contribution in [1.82, 2.24) is 15.0 Å². The van der Waals surface area contributed by atoms with E-state index in [1.54, 1.807) is 0 Å². The highest BCUT2D eigenvalue weighted by molar-refractivity contribution is 5.30. The van der Waals surface area contributed by atoms with Crippen molar-refractivity contribution in [3.05, 3.63) is 53.1 Å². The van der Waals surface area contributed by atoms with E-state index in [1.807, 2.05) is 12.4 Å². The molecule has 0 aliphatic rings. The Morgan fingerprint density at radius 2 is 2.10 bits per heavy atom. The number of rotatable bonds is 6. The van der Waals surface area contributed by atoms with Crippen LogP contribution in [0.15, 0.2) is 30.6 Å². The van der Waals surface area contributed by atoms with Gasteiger partial charge in [0, 0.05) is 18.9 Å². The van der Waals surface area contributed by atoms with Gasteiger partial charge in [-0.25, -0.2) is 10.4 Å². The molecule has 0 fully saturated rings. The largest absolute Gasteiger partial charge is 0.334 e. The standard InChI is InChI=1S/C16H24N4/c1-4-8-20-9-7-18-16(20)15(19-17)11-14-6-5-12(2)13(3)10-14/h5-7,9-10,15,19H,4,8,11,17H2,1-3H3. The van der Waals surface area contributed by atoms with E-state index in [-0.39, 0.29) is 6.04 Å². The average molecular weight is 272 g/mol. The molecule has 0 radical (unpaired) electrons. The van der Waals surface area contributed by atoms with E-state index < -0.39 is 0 Å². The lowest BCUT2D eigenvalue weighted by Gasteiger charge is -2.18. The van der Waals surface area contributed by atoms with Gasteiger partial charge in [0.05, 0.1) is 6.04 Å². The van der Waals surface area contributed by atoms with Crippen molar-refractivity contribution in [3.8, 4) is 0 Å². The van der Waals surface area contributed by atoms with Crippen molar-refractivity contribution < 1.29 is 0 Å². The Morgan fingerprint density at radius 1 is 1.30 bits per heavy atom. The normalized spacial score (nSPS) is 12.6. The Hall–Kier alpha value is -1.65. The highest BCUT2D eigenvalue weighted by Gasteiger charge is 2.16. The number of nitrogens with one attached hydrogen (secondary N) is 1. The fourth-order valence-corrected chi connectivity index (χ4v) is 2.45. The number of hydrogen-bond donors (Lipinski definition) is 2. The van der Waals surface area contributed by atoms with Gasteiger partial charge >= 0.3 is 0 Å². The minimum atomic E-state index is 0.0404.